The number of thiol groups is 1. The fourth-order valence-electron chi connectivity index (χ4n) is 5.73. The van der Waals surface area contributed by atoms with Crippen molar-refractivity contribution in [1.82, 2.24) is 0 Å². The van der Waals surface area contributed by atoms with Crippen molar-refractivity contribution in [2.24, 2.45) is 4.30 Å². The molecular formula is C27H56BBrNO2SSi2. The zero-order valence-electron chi connectivity index (χ0n) is 25.1. The van der Waals surface area contributed by atoms with E-state index in [2.05, 4.69) is 137 Å². The van der Waals surface area contributed by atoms with Gasteiger partial charge in [-0.1, -0.05) is 105 Å². The van der Waals surface area contributed by atoms with Crippen LogP contribution in [0.2, 0.25) is 33.2 Å². The topological polar surface area (TPSA) is 30.8 Å². The molecule has 205 valence electrons. The Bertz CT molecular complexity index is 577. The number of hydrogen-bond donors (Lipinski definition) is 1. The molecule has 0 atom stereocenters. The Morgan fingerprint density at radius 1 is 0.829 bits per heavy atom. The molecule has 0 saturated carbocycles. The normalized spacial score (nSPS) is 12.6. The number of hydrogen-bond acceptors (Lipinski definition) is 4. The Kier molecular flexibility index (Phi) is 24.3. The van der Waals surface area contributed by atoms with Crippen molar-refractivity contribution < 1.29 is 8.85 Å². The van der Waals surface area contributed by atoms with Crippen LogP contribution in [0.15, 0.2) is 14.9 Å². The standard InChI is InChI=1S/C14H29BrOSi.C13H26OSi.BHNS/c1-11(2)17(12(3)4,13(5)6)16-9-8-14(7)10-15;1-8-9-10-14-15(11(2)3,12(4)5)13(6)7;1-2-3/h10-13H,8-9H2,1-7H3;1,11-13H,9-10H2,2-7H3;3H/b14-10+;;. The summed E-state index contributed by atoms with van der Waals surface area (Å²) in [5.41, 5.74) is 5.33. The third-order valence-corrected chi connectivity index (χ3v) is 20.1. The van der Waals surface area contributed by atoms with E-state index in [-0.39, 0.29) is 0 Å². The van der Waals surface area contributed by atoms with Crippen LogP contribution in [0.25, 0.3) is 0 Å². The van der Waals surface area contributed by atoms with E-state index in [4.69, 9.17) is 15.3 Å². The molecule has 0 saturated heterocycles. The summed E-state index contributed by atoms with van der Waals surface area (Å²) < 4.78 is 15.4. The molecule has 0 N–H and O–H groups in total. The molecule has 0 aliphatic carbocycles. The van der Waals surface area contributed by atoms with Gasteiger partial charge in [0, 0.05) is 19.6 Å². The van der Waals surface area contributed by atoms with Gasteiger partial charge in [0.25, 0.3) is 0 Å². The van der Waals surface area contributed by atoms with Crippen LogP contribution < -0.4 is 0 Å². The number of rotatable bonds is 13. The second-order valence-electron chi connectivity index (χ2n) is 11.1. The average Bonchev–Trinajstić information content (AvgIpc) is 2.73. The predicted octanol–water partition coefficient (Wildman–Crippen LogP) is 10.3. The Morgan fingerprint density at radius 2 is 1.11 bits per heavy atom. The van der Waals surface area contributed by atoms with Crippen molar-refractivity contribution in [3.63, 3.8) is 0 Å². The monoisotopic (exact) mass is 604 g/mol. The van der Waals surface area contributed by atoms with Crippen molar-refractivity contribution in [3.8, 4) is 12.3 Å². The van der Waals surface area contributed by atoms with Crippen LogP contribution in [-0.2, 0) is 8.85 Å². The fourth-order valence-corrected chi connectivity index (χ4v) is 16.9. The van der Waals surface area contributed by atoms with E-state index in [0.29, 0.717) is 33.2 Å². The van der Waals surface area contributed by atoms with E-state index >= 15 is 0 Å². The van der Waals surface area contributed by atoms with E-state index in [0.717, 1.165) is 26.1 Å². The van der Waals surface area contributed by atoms with Gasteiger partial charge in [0.05, 0.1) is 0 Å². The van der Waals surface area contributed by atoms with E-state index < -0.39 is 16.6 Å². The molecule has 0 rings (SSSR count). The zero-order valence-corrected chi connectivity index (χ0v) is 29.6. The number of terminal acetylenes is 1. The van der Waals surface area contributed by atoms with Crippen LogP contribution in [-0.4, -0.2) is 37.5 Å². The summed E-state index contributed by atoms with van der Waals surface area (Å²) in [4.78, 5) is 2.00. The average molecular weight is 606 g/mol. The van der Waals surface area contributed by atoms with Crippen LogP contribution in [0.5, 0.6) is 0 Å². The number of halogens is 1. The maximum absolute atomic E-state index is 6.46. The van der Waals surface area contributed by atoms with Gasteiger partial charge in [0.2, 0.25) is 0 Å². The Morgan fingerprint density at radius 3 is 1.34 bits per heavy atom. The molecule has 3 nitrogen and oxygen atoms in total. The minimum atomic E-state index is -1.66. The van der Waals surface area contributed by atoms with Gasteiger partial charge >= 0.3 is 24.8 Å². The van der Waals surface area contributed by atoms with Gasteiger partial charge in [0.15, 0.2) is 16.6 Å². The van der Waals surface area contributed by atoms with Crippen LogP contribution >= 0.6 is 28.7 Å². The Labute approximate surface area is 237 Å². The molecule has 0 fully saturated rings. The first-order chi connectivity index (χ1) is 16.1. The summed E-state index contributed by atoms with van der Waals surface area (Å²) in [7, 11) is 1.03. The minimum absolute atomic E-state index is 0.648. The molecular weight excluding hydrogens is 549 g/mol. The summed E-state index contributed by atoms with van der Waals surface area (Å²) >= 11 is 6.57. The molecule has 0 unspecified atom stereocenters. The van der Waals surface area contributed by atoms with Gasteiger partial charge in [-0.15, -0.1) is 12.3 Å². The Hall–Kier alpha value is 0.349. The molecule has 0 aliphatic heterocycles. The molecule has 0 aromatic heterocycles. The first kappa shape index (κ1) is 39.9. The van der Waals surface area contributed by atoms with E-state index in [1.165, 1.54) is 5.57 Å². The second-order valence-corrected chi connectivity index (χ2v) is 22.7. The molecule has 8 heteroatoms. The van der Waals surface area contributed by atoms with Crippen molar-refractivity contribution in [3.05, 3.63) is 10.6 Å². The van der Waals surface area contributed by atoms with Crippen LogP contribution in [0.3, 0.4) is 0 Å². The van der Waals surface area contributed by atoms with E-state index in [9.17, 15) is 0 Å². The van der Waals surface area contributed by atoms with Gasteiger partial charge in [-0.2, -0.15) is 0 Å². The van der Waals surface area contributed by atoms with Gasteiger partial charge in [0.1, 0.15) is 0 Å². The van der Waals surface area contributed by atoms with Gasteiger partial charge in [-0.05, 0) is 51.6 Å². The molecule has 0 spiro atoms. The summed E-state index contributed by atoms with van der Waals surface area (Å²) in [6.45, 7) is 31.5. The van der Waals surface area contributed by atoms with Crippen LogP contribution in [0, 0.1) is 12.3 Å². The first-order valence-corrected chi connectivity index (χ1v) is 18.7. The molecule has 0 bridgehead atoms. The third-order valence-electron chi connectivity index (χ3n) is 7.05. The number of nitrogens with zero attached hydrogens (tertiary/aromatic N) is 1. The third kappa shape index (κ3) is 13.6. The first-order valence-electron chi connectivity index (χ1n) is 13.1. The molecule has 35 heavy (non-hydrogen) atoms. The summed E-state index contributed by atoms with van der Waals surface area (Å²) in [6.07, 6.45) is 7.04. The molecule has 0 aromatic carbocycles. The molecule has 0 amide bonds. The summed E-state index contributed by atoms with van der Waals surface area (Å²) in [6, 6.07) is 0. The summed E-state index contributed by atoms with van der Waals surface area (Å²) in [5, 5.41) is 0. The SMILES string of the molecule is C#CCCO[Si](C(C)C)(C(C)C)C(C)C.C/C(=C\Br)CCO[Si](C(C)C)(C(C)C)C(C)C.[B]=NS. The van der Waals surface area contributed by atoms with Crippen molar-refractivity contribution in [2.45, 2.75) is 136 Å². The molecule has 0 aliphatic rings. The van der Waals surface area contributed by atoms with Gasteiger partial charge in [-0.3, -0.25) is 0 Å². The van der Waals surface area contributed by atoms with E-state index in [1.807, 2.05) is 4.99 Å². The summed E-state index contributed by atoms with van der Waals surface area (Å²) in [5.74, 6) is 2.65. The van der Waals surface area contributed by atoms with E-state index in [1.54, 1.807) is 0 Å². The zero-order chi connectivity index (χ0) is 28.4. The van der Waals surface area contributed by atoms with Crippen LogP contribution in [0.1, 0.15) is 103 Å². The van der Waals surface area contributed by atoms with Crippen LogP contribution in [0.4, 0.5) is 0 Å². The van der Waals surface area contributed by atoms with Gasteiger partial charge < -0.3 is 8.85 Å². The molecule has 1 radical (unpaired) electrons. The van der Waals surface area contributed by atoms with Crippen molar-refractivity contribution in [1.29, 1.82) is 0 Å². The fraction of sp³-hybridized carbons (Fsp3) is 0.852. The predicted molar refractivity (Wildman–Crippen MR) is 172 cm³/mol. The maximum atomic E-state index is 6.46. The molecule has 0 heterocycles. The Balaban J connectivity index is -0.000000528. The second kappa shape index (κ2) is 21.3. The van der Waals surface area contributed by atoms with Crippen molar-refractivity contribution in [2.75, 3.05) is 13.2 Å². The molecule has 0 aromatic rings. The van der Waals surface area contributed by atoms with Gasteiger partial charge in [-0.25, -0.2) is 0 Å². The van der Waals surface area contributed by atoms with Crippen molar-refractivity contribution >= 4 is 53.0 Å². The quantitative estimate of drug-likeness (QED) is 0.0980.